The zero-order valence-corrected chi connectivity index (χ0v) is 16.0. The first-order chi connectivity index (χ1) is 12.4. The molecule has 0 saturated carbocycles. The molecule has 7 heteroatoms. The highest BCUT2D eigenvalue weighted by Crippen LogP contribution is 2.35. The van der Waals surface area contributed by atoms with Gasteiger partial charge in [0.25, 0.3) is 0 Å². The molecule has 5 nitrogen and oxygen atoms in total. The lowest BCUT2D eigenvalue weighted by molar-refractivity contribution is -0.116. The maximum atomic E-state index is 11.8. The topological polar surface area (TPSA) is 79.3 Å². The van der Waals surface area contributed by atoms with Crippen molar-refractivity contribution in [1.82, 2.24) is 4.98 Å². The largest absolute Gasteiger partial charge is 0.478 e. The van der Waals surface area contributed by atoms with E-state index in [4.69, 9.17) is 5.11 Å². The molecule has 1 amide bonds. The van der Waals surface area contributed by atoms with Gasteiger partial charge in [0.2, 0.25) is 5.91 Å². The number of carboxylic acid groups (broad SMARTS) is 1. The third-order valence-electron chi connectivity index (χ3n) is 3.62. The van der Waals surface area contributed by atoms with Gasteiger partial charge in [0.15, 0.2) is 5.13 Å². The number of aromatic carboxylic acids is 1. The van der Waals surface area contributed by atoms with E-state index in [1.54, 1.807) is 35.6 Å². The van der Waals surface area contributed by atoms with E-state index < -0.39 is 5.97 Å². The van der Waals surface area contributed by atoms with Crippen molar-refractivity contribution < 1.29 is 14.7 Å². The van der Waals surface area contributed by atoms with Crippen LogP contribution in [-0.4, -0.2) is 22.0 Å². The number of carbonyl (C=O) groups is 2. The Morgan fingerprint density at radius 1 is 1.12 bits per heavy atom. The molecule has 0 fully saturated rings. The molecule has 0 aliphatic rings. The monoisotopic (exact) mass is 386 g/mol. The van der Waals surface area contributed by atoms with Crippen LogP contribution in [0.15, 0.2) is 41.8 Å². The van der Waals surface area contributed by atoms with Crippen molar-refractivity contribution in [1.29, 1.82) is 0 Å². The summed E-state index contributed by atoms with van der Waals surface area (Å²) in [5.41, 5.74) is 2.06. The highest BCUT2D eigenvalue weighted by Gasteiger charge is 2.12. The number of aromatic nitrogens is 1. The van der Waals surface area contributed by atoms with E-state index in [0.717, 1.165) is 21.0 Å². The first kappa shape index (κ1) is 18.3. The predicted molar refractivity (Wildman–Crippen MR) is 106 cm³/mol. The summed E-state index contributed by atoms with van der Waals surface area (Å²) in [6.45, 7) is 4.01. The Bertz CT molecular complexity index is 926. The van der Waals surface area contributed by atoms with Crippen LogP contribution in [0.2, 0.25) is 0 Å². The molecule has 3 rings (SSSR count). The van der Waals surface area contributed by atoms with Gasteiger partial charge in [-0.3, -0.25) is 4.79 Å². The molecule has 0 saturated heterocycles. The minimum atomic E-state index is -0.932. The fraction of sp³-hybridized carbons (Fsp3) is 0.211. The van der Waals surface area contributed by atoms with E-state index in [1.807, 2.05) is 31.4 Å². The van der Waals surface area contributed by atoms with E-state index in [2.05, 4.69) is 10.3 Å². The van der Waals surface area contributed by atoms with Gasteiger partial charge in [0.1, 0.15) is 0 Å². The Balaban J connectivity index is 1.74. The van der Waals surface area contributed by atoms with Crippen LogP contribution >= 0.6 is 22.7 Å². The molecule has 2 heterocycles. The van der Waals surface area contributed by atoms with Crippen molar-refractivity contribution in [2.24, 2.45) is 5.92 Å². The lowest BCUT2D eigenvalue weighted by Crippen LogP contribution is -2.13. The lowest BCUT2D eigenvalue weighted by Gasteiger charge is -2.03. The zero-order valence-electron chi connectivity index (χ0n) is 14.4. The second kappa shape index (κ2) is 7.80. The van der Waals surface area contributed by atoms with Gasteiger partial charge in [-0.2, -0.15) is 0 Å². The van der Waals surface area contributed by atoms with Crippen LogP contribution in [0, 0.1) is 5.92 Å². The van der Waals surface area contributed by atoms with Gasteiger partial charge in [-0.05, 0) is 35.7 Å². The van der Waals surface area contributed by atoms with Gasteiger partial charge >= 0.3 is 5.97 Å². The summed E-state index contributed by atoms with van der Waals surface area (Å²) in [4.78, 5) is 29.3. The van der Waals surface area contributed by atoms with Gasteiger partial charge < -0.3 is 10.4 Å². The van der Waals surface area contributed by atoms with Crippen molar-refractivity contribution in [3.05, 3.63) is 47.3 Å². The number of carbonyl (C=O) groups excluding carboxylic acids is 1. The summed E-state index contributed by atoms with van der Waals surface area (Å²) < 4.78 is 0. The number of thiophene rings is 1. The number of benzene rings is 1. The minimum Gasteiger partial charge on any atom is -0.478 e. The van der Waals surface area contributed by atoms with Crippen LogP contribution in [0.5, 0.6) is 0 Å². The fourth-order valence-electron chi connectivity index (χ4n) is 2.39. The van der Waals surface area contributed by atoms with Crippen LogP contribution in [0.4, 0.5) is 5.13 Å². The Morgan fingerprint density at radius 2 is 1.81 bits per heavy atom. The Labute approximate surface area is 159 Å². The fourth-order valence-corrected chi connectivity index (χ4v) is 4.17. The van der Waals surface area contributed by atoms with Crippen LogP contribution in [0.1, 0.15) is 30.6 Å². The van der Waals surface area contributed by atoms with E-state index >= 15 is 0 Å². The second-order valence-corrected chi connectivity index (χ2v) is 8.17. The molecule has 0 spiro atoms. The highest BCUT2D eigenvalue weighted by atomic mass is 32.1. The van der Waals surface area contributed by atoms with Crippen LogP contribution in [0.25, 0.3) is 21.0 Å². The highest BCUT2D eigenvalue weighted by molar-refractivity contribution is 7.19. The number of amides is 1. The van der Waals surface area contributed by atoms with Crippen molar-refractivity contribution in [3.8, 4) is 21.0 Å². The minimum absolute atomic E-state index is 0.0220. The zero-order chi connectivity index (χ0) is 18.7. The molecule has 0 bridgehead atoms. The summed E-state index contributed by atoms with van der Waals surface area (Å²) in [6, 6.07) is 10.8. The predicted octanol–water partition coefficient (Wildman–Crippen LogP) is 5.22. The number of rotatable bonds is 6. The van der Waals surface area contributed by atoms with Crippen molar-refractivity contribution in [2.75, 3.05) is 5.32 Å². The molecule has 0 aliphatic carbocycles. The smallest absolute Gasteiger partial charge is 0.335 e. The number of carboxylic acids is 1. The number of nitrogens with one attached hydrogen (secondary N) is 1. The molecule has 2 aromatic heterocycles. The second-order valence-electron chi connectivity index (χ2n) is 6.23. The molecule has 3 aromatic rings. The number of hydrogen-bond donors (Lipinski definition) is 2. The summed E-state index contributed by atoms with van der Waals surface area (Å²) in [5, 5.41) is 14.3. The Morgan fingerprint density at radius 3 is 2.46 bits per heavy atom. The maximum absolute atomic E-state index is 11.8. The van der Waals surface area contributed by atoms with Crippen molar-refractivity contribution in [2.45, 2.75) is 20.3 Å². The molecule has 26 heavy (non-hydrogen) atoms. The van der Waals surface area contributed by atoms with Crippen LogP contribution < -0.4 is 5.32 Å². The van der Waals surface area contributed by atoms with E-state index in [0.29, 0.717) is 17.5 Å². The van der Waals surface area contributed by atoms with E-state index in [1.165, 1.54) is 11.3 Å². The van der Waals surface area contributed by atoms with Crippen molar-refractivity contribution in [3.63, 3.8) is 0 Å². The Hall–Kier alpha value is -2.51. The van der Waals surface area contributed by atoms with Gasteiger partial charge in [0, 0.05) is 16.7 Å². The van der Waals surface area contributed by atoms with Gasteiger partial charge in [-0.1, -0.05) is 26.0 Å². The number of thiazole rings is 1. The van der Waals surface area contributed by atoms with Gasteiger partial charge in [0.05, 0.1) is 16.1 Å². The maximum Gasteiger partial charge on any atom is 0.335 e. The average Bonchev–Trinajstić information content (AvgIpc) is 3.23. The molecule has 0 aliphatic heterocycles. The molecule has 0 atom stereocenters. The molecule has 2 N–H and O–H groups in total. The van der Waals surface area contributed by atoms with Gasteiger partial charge in [-0.25, -0.2) is 9.78 Å². The normalized spacial score (nSPS) is 10.9. The molecule has 0 radical (unpaired) electrons. The third kappa shape index (κ3) is 4.36. The number of hydrogen-bond acceptors (Lipinski definition) is 5. The molecule has 0 unspecified atom stereocenters. The quantitative estimate of drug-likeness (QED) is 0.608. The van der Waals surface area contributed by atoms with Crippen LogP contribution in [-0.2, 0) is 4.79 Å². The molecule has 1 aromatic carbocycles. The number of anilines is 1. The third-order valence-corrected chi connectivity index (χ3v) is 5.53. The first-order valence-electron chi connectivity index (χ1n) is 8.11. The summed E-state index contributed by atoms with van der Waals surface area (Å²) >= 11 is 2.99. The van der Waals surface area contributed by atoms with Gasteiger partial charge in [-0.15, -0.1) is 22.7 Å². The first-order valence-corrected chi connectivity index (χ1v) is 9.81. The average molecular weight is 386 g/mol. The molecular formula is C19H18N2O3S2. The van der Waals surface area contributed by atoms with Crippen LogP contribution in [0.3, 0.4) is 0 Å². The van der Waals surface area contributed by atoms with E-state index in [9.17, 15) is 9.59 Å². The summed E-state index contributed by atoms with van der Waals surface area (Å²) in [5.74, 6) is -0.647. The molecule has 134 valence electrons. The summed E-state index contributed by atoms with van der Waals surface area (Å²) in [7, 11) is 0. The van der Waals surface area contributed by atoms with Crippen molar-refractivity contribution >= 4 is 39.7 Å². The summed E-state index contributed by atoms with van der Waals surface area (Å²) in [6.07, 6.45) is 0.477. The molecular weight excluding hydrogens is 368 g/mol. The SMILES string of the molecule is CC(C)CC(=O)Nc1nc(-c2ccc(-c3ccc(C(=O)O)cc3)s2)cs1. The number of nitrogens with zero attached hydrogens (tertiary/aromatic N) is 1. The Kier molecular flexibility index (Phi) is 5.49. The van der Waals surface area contributed by atoms with E-state index in [-0.39, 0.29) is 11.5 Å². The standard InChI is InChI=1S/C19H18N2O3S2/c1-11(2)9-17(22)21-19-20-14(10-25-19)16-8-7-15(26-16)12-3-5-13(6-4-12)18(23)24/h3-8,10-11H,9H2,1-2H3,(H,23,24)(H,20,21,22). The lowest BCUT2D eigenvalue weighted by atomic mass is 10.1.